The first-order valence-electron chi connectivity index (χ1n) is 5.45. The second kappa shape index (κ2) is 4.66. The van der Waals surface area contributed by atoms with Gasteiger partial charge in [-0.25, -0.2) is 0 Å². The van der Waals surface area contributed by atoms with Gasteiger partial charge in [-0.1, -0.05) is 0 Å². The van der Waals surface area contributed by atoms with E-state index in [1.54, 1.807) is 2.89 Å². The first kappa shape index (κ1) is 12.4. The fraction of sp³-hybridized carbons (Fsp3) is 0.545. The van der Waals surface area contributed by atoms with E-state index in [-0.39, 0.29) is 12.7 Å². The van der Waals surface area contributed by atoms with E-state index in [1.165, 1.54) is 4.88 Å². The van der Waals surface area contributed by atoms with E-state index in [9.17, 15) is 0 Å². The number of nitrogens with zero attached hydrogens (tertiary/aromatic N) is 1. The number of aliphatic hydroxyl groups is 1. The molecule has 0 radical (unpaired) electrons. The van der Waals surface area contributed by atoms with Crippen molar-refractivity contribution in [3.63, 3.8) is 0 Å². The molecule has 1 aliphatic heterocycles. The Bertz CT molecular complexity index is 408. The van der Waals surface area contributed by atoms with Gasteiger partial charge in [-0.05, 0) is 0 Å². The Balaban J connectivity index is 2.15. The van der Waals surface area contributed by atoms with Crippen LogP contribution in [-0.4, -0.2) is 41.9 Å². The molecule has 0 aromatic carbocycles. The van der Waals surface area contributed by atoms with Crippen LogP contribution >= 0.6 is 11.3 Å². The molecule has 88 valence electrons. The van der Waals surface area contributed by atoms with Gasteiger partial charge in [-0.15, -0.1) is 0 Å². The molecule has 5 heteroatoms. The molecule has 0 aliphatic carbocycles. The van der Waals surface area contributed by atoms with Crippen LogP contribution in [0.2, 0.25) is 14.8 Å². The van der Waals surface area contributed by atoms with E-state index in [0.717, 1.165) is 12.1 Å². The van der Waals surface area contributed by atoms with Crippen molar-refractivity contribution in [3.8, 4) is 0 Å². The van der Waals surface area contributed by atoms with Crippen molar-refractivity contribution in [1.29, 1.82) is 0 Å². The second-order valence-corrected chi connectivity index (χ2v) is 21.6. The third-order valence-electron chi connectivity index (χ3n) is 2.57. The van der Waals surface area contributed by atoms with Gasteiger partial charge in [0.15, 0.2) is 0 Å². The van der Waals surface area contributed by atoms with Crippen LogP contribution in [0.4, 0.5) is 0 Å². The van der Waals surface area contributed by atoms with Crippen LogP contribution in [0.15, 0.2) is 17.3 Å². The van der Waals surface area contributed by atoms with Gasteiger partial charge < -0.3 is 0 Å². The third-order valence-corrected chi connectivity index (χ3v) is 13.2. The molecule has 16 heavy (non-hydrogen) atoms. The zero-order valence-electron chi connectivity index (χ0n) is 9.86. The van der Waals surface area contributed by atoms with Gasteiger partial charge in [-0.3, -0.25) is 0 Å². The standard InChI is InChI=1S/C8H8NO2S.3CH3.Sn/c10-5-6-4-7(9-11-6)8-2-1-3-12-8;;;;/h1-2,6,10H,4-5H2;3*1H3;. The molecule has 1 aromatic heterocycles. The molecular formula is C11H17NO2SSn. The minimum atomic E-state index is -1.93. The summed E-state index contributed by atoms with van der Waals surface area (Å²) >= 11 is -0.0793. The van der Waals surface area contributed by atoms with Gasteiger partial charge in [0, 0.05) is 0 Å². The van der Waals surface area contributed by atoms with Crippen LogP contribution in [0.25, 0.3) is 0 Å². The van der Waals surface area contributed by atoms with Crippen molar-refractivity contribution in [1.82, 2.24) is 0 Å². The number of rotatable bonds is 3. The summed E-state index contributed by atoms with van der Waals surface area (Å²) in [5, 5.41) is 13.0. The normalized spacial score (nSPS) is 20.8. The summed E-state index contributed by atoms with van der Waals surface area (Å²) in [4.78, 5) is 13.6. The van der Waals surface area contributed by atoms with Crippen molar-refractivity contribution in [2.75, 3.05) is 6.61 Å². The maximum atomic E-state index is 8.98. The molecule has 2 rings (SSSR count). The summed E-state index contributed by atoms with van der Waals surface area (Å²) in [5.41, 5.74) is 0.992. The Morgan fingerprint density at radius 3 is 2.75 bits per heavy atom. The number of aliphatic hydroxyl groups excluding tert-OH is 1. The first-order valence-corrected chi connectivity index (χ1v) is 16.3. The van der Waals surface area contributed by atoms with Crippen LogP contribution in [-0.2, 0) is 4.84 Å². The van der Waals surface area contributed by atoms with Gasteiger partial charge >= 0.3 is 104 Å². The Morgan fingerprint density at radius 2 is 2.25 bits per heavy atom. The molecule has 0 fully saturated rings. The van der Waals surface area contributed by atoms with E-state index in [1.807, 2.05) is 11.3 Å². The quantitative estimate of drug-likeness (QED) is 0.848. The SMILES string of the molecule is [CH3][Sn]([CH3])([CH3])[c]1ccc(C2=NOC(CO)C2)s1. The Hall–Kier alpha value is -0.0713. The van der Waals surface area contributed by atoms with E-state index in [2.05, 4.69) is 32.1 Å². The van der Waals surface area contributed by atoms with E-state index in [0.29, 0.717) is 0 Å². The van der Waals surface area contributed by atoms with Gasteiger partial charge in [0.2, 0.25) is 0 Å². The summed E-state index contributed by atoms with van der Waals surface area (Å²) < 4.78 is 1.56. The molecular weight excluding hydrogens is 329 g/mol. The summed E-state index contributed by atoms with van der Waals surface area (Å²) in [5.74, 6) is 0. The molecule has 1 N–H and O–H groups in total. The van der Waals surface area contributed by atoms with Crippen molar-refractivity contribution in [2.24, 2.45) is 5.16 Å². The minimum absolute atomic E-state index is 0.0454. The zero-order chi connectivity index (χ0) is 11.8. The van der Waals surface area contributed by atoms with Crippen molar-refractivity contribution in [3.05, 3.63) is 17.0 Å². The van der Waals surface area contributed by atoms with Gasteiger partial charge in [0.05, 0.1) is 0 Å². The number of hydrogen-bond donors (Lipinski definition) is 1. The molecule has 1 aromatic rings. The molecule has 0 spiro atoms. The van der Waals surface area contributed by atoms with E-state index < -0.39 is 18.4 Å². The first-order chi connectivity index (χ1) is 7.50. The topological polar surface area (TPSA) is 41.8 Å². The van der Waals surface area contributed by atoms with Crippen LogP contribution < -0.4 is 2.89 Å². The van der Waals surface area contributed by atoms with Gasteiger partial charge in [0.1, 0.15) is 0 Å². The summed E-state index contributed by atoms with van der Waals surface area (Å²) in [6, 6.07) is 4.38. The van der Waals surface area contributed by atoms with Crippen LogP contribution in [0.1, 0.15) is 11.3 Å². The van der Waals surface area contributed by atoms with Gasteiger partial charge in [-0.2, -0.15) is 0 Å². The maximum absolute atomic E-state index is 8.98. The molecule has 0 amide bonds. The average molecular weight is 346 g/mol. The van der Waals surface area contributed by atoms with Crippen molar-refractivity contribution < 1.29 is 9.94 Å². The number of thiophene rings is 1. The van der Waals surface area contributed by atoms with E-state index >= 15 is 0 Å². The molecule has 3 nitrogen and oxygen atoms in total. The Labute approximate surface area is 104 Å². The summed E-state index contributed by atoms with van der Waals surface area (Å²) in [6.07, 6.45) is 0.592. The molecule has 0 saturated heterocycles. The van der Waals surface area contributed by atoms with Gasteiger partial charge in [0.25, 0.3) is 0 Å². The van der Waals surface area contributed by atoms with Crippen LogP contribution in [0.5, 0.6) is 0 Å². The predicted octanol–water partition coefficient (Wildman–Crippen LogP) is 1.78. The van der Waals surface area contributed by atoms with Crippen molar-refractivity contribution in [2.45, 2.75) is 27.3 Å². The van der Waals surface area contributed by atoms with Crippen molar-refractivity contribution >= 4 is 38.3 Å². The zero-order valence-corrected chi connectivity index (χ0v) is 13.5. The average Bonchev–Trinajstić information content (AvgIpc) is 2.85. The Kier molecular flexibility index (Phi) is 3.61. The number of hydrogen-bond acceptors (Lipinski definition) is 4. The molecule has 1 unspecified atom stereocenters. The molecule has 0 saturated carbocycles. The van der Waals surface area contributed by atoms with Crippen LogP contribution in [0.3, 0.4) is 0 Å². The molecule has 0 bridgehead atoms. The fourth-order valence-corrected chi connectivity index (χ4v) is 7.85. The molecule has 2 heterocycles. The fourth-order valence-electron chi connectivity index (χ4n) is 1.57. The predicted molar refractivity (Wildman–Crippen MR) is 70.4 cm³/mol. The summed E-state index contributed by atoms with van der Waals surface area (Å²) in [7, 11) is 0. The van der Waals surface area contributed by atoms with Crippen LogP contribution in [0, 0.1) is 0 Å². The molecule has 1 atom stereocenters. The monoisotopic (exact) mass is 347 g/mol. The third kappa shape index (κ3) is 2.60. The Morgan fingerprint density at radius 1 is 1.50 bits per heavy atom. The molecule has 1 aliphatic rings. The van der Waals surface area contributed by atoms with E-state index in [4.69, 9.17) is 9.94 Å². The second-order valence-electron chi connectivity index (χ2n) is 5.07. The summed E-state index contributed by atoms with van der Waals surface area (Å²) in [6.45, 7) is 0.0454. The number of oxime groups is 1.